The van der Waals surface area contributed by atoms with Crippen LogP contribution in [0.2, 0.25) is 0 Å². The van der Waals surface area contributed by atoms with Gasteiger partial charge in [-0.15, -0.1) is 0 Å². The summed E-state index contributed by atoms with van der Waals surface area (Å²) in [6.07, 6.45) is 5.59. The molecular formula is C41H62O10. The Bertz CT molecular complexity index is 1490. The molecule has 10 heteroatoms. The van der Waals surface area contributed by atoms with E-state index in [1.54, 1.807) is 13.0 Å². The molecule has 286 valence electrons. The van der Waals surface area contributed by atoms with Crippen molar-refractivity contribution in [1.29, 1.82) is 0 Å². The molecule has 10 nitrogen and oxygen atoms in total. The minimum atomic E-state index is -1.21. The van der Waals surface area contributed by atoms with Crippen LogP contribution in [0, 0.1) is 56.7 Å². The highest BCUT2D eigenvalue weighted by atomic mass is 16.8. The van der Waals surface area contributed by atoms with Gasteiger partial charge in [-0.25, -0.2) is 4.79 Å². The molecule has 3 N–H and O–H groups in total. The highest BCUT2D eigenvalue weighted by molar-refractivity contribution is 5.82. The third kappa shape index (κ3) is 4.44. The first kappa shape index (κ1) is 36.4. The van der Waals surface area contributed by atoms with Gasteiger partial charge in [0.1, 0.15) is 30.0 Å². The Labute approximate surface area is 303 Å². The Kier molecular flexibility index (Phi) is 8.03. The Balaban J connectivity index is 1.06. The van der Waals surface area contributed by atoms with Gasteiger partial charge in [0.15, 0.2) is 11.9 Å². The number of aliphatic hydroxyl groups excluding tert-OH is 3. The van der Waals surface area contributed by atoms with Gasteiger partial charge in [0.05, 0.1) is 18.8 Å². The number of ether oxygens (including phenoxy) is 5. The molecule has 0 unspecified atom stereocenters. The van der Waals surface area contributed by atoms with Crippen LogP contribution in [0.25, 0.3) is 0 Å². The quantitative estimate of drug-likeness (QED) is 0.261. The summed E-state index contributed by atoms with van der Waals surface area (Å²) < 4.78 is 31.5. The van der Waals surface area contributed by atoms with Gasteiger partial charge in [0, 0.05) is 24.3 Å². The molecule has 3 heterocycles. The molecule has 3 saturated heterocycles. The van der Waals surface area contributed by atoms with Gasteiger partial charge in [-0.1, -0.05) is 40.7 Å². The first-order valence-electron chi connectivity index (χ1n) is 19.8. The zero-order chi connectivity index (χ0) is 36.9. The average molecular weight is 715 g/mol. The Morgan fingerprint density at radius 2 is 1.61 bits per heavy atom. The molecule has 51 heavy (non-hydrogen) atoms. The summed E-state index contributed by atoms with van der Waals surface area (Å²) in [5, 5.41) is 35.4. The smallest absolute Gasteiger partial charge is 0.330 e. The van der Waals surface area contributed by atoms with E-state index in [0.29, 0.717) is 11.8 Å². The highest BCUT2D eigenvalue weighted by Crippen LogP contribution is 2.90. The Morgan fingerprint density at radius 3 is 2.29 bits per heavy atom. The molecule has 0 amide bonds. The summed E-state index contributed by atoms with van der Waals surface area (Å²) in [4.78, 5) is 24.2. The van der Waals surface area contributed by atoms with E-state index in [9.17, 15) is 24.9 Å². The molecule has 0 radical (unpaired) electrons. The van der Waals surface area contributed by atoms with E-state index < -0.39 is 59.4 Å². The lowest BCUT2D eigenvalue weighted by molar-refractivity contribution is -0.283. The van der Waals surface area contributed by atoms with Crippen LogP contribution in [-0.4, -0.2) is 88.0 Å². The molecular weight excluding hydrogens is 652 g/mol. The van der Waals surface area contributed by atoms with E-state index in [-0.39, 0.29) is 58.1 Å². The van der Waals surface area contributed by atoms with E-state index in [1.807, 2.05) is 13.8 Å². The van der Waals surface area contributed by atoms with Crippen LogP contribution in [0.5, 0.6) is 0 Å². The molecule has 0 aromatic carbocycles. The second-order valence-corrected chi connectivity index (χ2v) is 19.8. The summed E-state index contributed by atoms with van der Waals surface area (Å²) in [5.41, 5.74) is -1.41. The topological polar surface area (TPSA) is 141 Å². The van der Waals surface area contributed by atoms with E-state index in [4.69, 9.17) is 23.7 Å². The second kappa shape index (κ2) is 11.2. The van der Waals surface area contributed by atoms with E-state index >= 15 is 0 Å². The van der Waals surface area contributed by atoms with E-state index in [1.165, 1.54) is 13.0 Å². The standard InChI is InChI=1S/C41H62O10/c1-10-11-28(43)48-25-19-47-31(30(45)29(25)44)23-14-15-39-20-40(39)17-16-37(8)32-21(2)18-24-33(36(6,7)49-22(3)42)51-41(32,50-24)34(46)38(37,9)27(40)13-12-26(39)35(23,4)5/h10-11,21,23-27,29-34,44-46H,12-20H2,1-9H3/b11-10+/t21-,23-,24-,25-,26+,27+,29+,30-,31+,32-,33+,34-,37-,38-,39-,40+,41+/m1/s1. The van der Waals surface area contributed by atoms with E-state index in [0.717, 1.165) is 51.4 Å². The first-order valence-corrected chi connectivity index (χ1v) is 19.8. The van der Waals surface area contributed by atoms with Crippen molar-refractivity contribution in [3.63, 3.8) is 0 Å². The van der Waals surface area contributed by atoms with Crippen LogP contribution >= 0.6 is 0 Å². The van der Waals surface area contributed by atoms with Crippen molar-refractivity contribution in [2.45, 2.75) is 168 Å². The van der Waals surface area contributed by atoms with Gasteiger partial charge in [-0.3, -0.25) is 4.79 Å². The monoisotopic (exact) mass is 714 g/mol. The van der Waals surface area contributed by atoms with Crippen molar-refractivity contribution in [3.8, 4) is 0 Å². The van der Waals surface area contributed by atoms with Crippen LogP contribution in [0.4, 0.5) is 0 Å². The number of esters is 2. The van der Waals surface area contributed by atoms with Crippen molar-refractivity contribution in [2.24, 2.45) is 56.7 Å². The van der Waals surface area contributed by atoms with Crippen LogP contribution in [0.1, 0.15) is 114 Å². The number of allylic oxidation sites excluding steroid dienone is 1. The van der Waals surface area contributed by atoms with Gasteiger partial charge in [-0.2, -0.15) is 0 Å². The highest BCUT2D eigenvalue weighted by Gasteiger charge is 2.88. The predicted molar refractivity (Wildman–Crippen MR) is 186 cm³/mol. The fourth-order valence-electron chi connectivity index (χ4n) is 15.3. The SMILES string of the molecule is C/C=C/C(=O)O[C@@H]1CO[C@@H]([C@H]2CC[C@]34C[C@]35CC[C@]3(C)[C@H]6[C@H](C)C[C@H]7O[C@@]6(O[C@@H]7C(C)(C)OC(C)=O)[C@H](O)[C@@]3(C)[C@@H]5CC[C@H]4C2(C)C)[C@H](O)[C@H]1O. The number of hydrogen-bond acceptors (Lipinski definition) is 10. The third-order valence-electron chi connectivity index (χ3n) is 17.2. The summed E-state index contributed by atoms with van der Waals surface area (Å²) in [5.74, 6) is -0.970. The molecule has 17 atom stereocenters. The molecule has 8 fully saturated rings. The van der Waals surface area contributed by atoms with Crippen LogP contribution in [0.3, 0.4) is 0 Å². The molecule has 0 aromatic heterocycles. The zero-order valence-corrected chi connectivity index (χ0v) is 32.1. The van der Waals surface area contributed by atoms with Gasteiger partial charge in [0.25, 0.3) is 0 Å². The summed E-state index contributed by atoms with van der Waals surface area (Å²) in [6.45, 7) is 18.8. The molecule has 0 aromatic rings. The maximum absolute atomic E-state index is 12.9. The minimum Gasteiger partial charge on any atom is -0.457 e. The lowest BCUT2D eigenvalue weighted by atomic mass is 9.40. The molecule has 3 spiro atoms. The largest absolute Gasteiger partial charge is 0.457 e. The molecule has 8 rings (SSSR count). The van der Waals surface area contributed by atoms with Crippen LogP contribution in [0.15, 0.2) is 12.2 Å². The summed E-state index contributed by atoms with van der Waals surface area (Å²) >= 11 is 0. The fourth-order valence-corrected chi connectivity index (χ4v) is 15.3. The molecule has 2 bridgehead atoms. The number of rotatable bonds is 5. The Morgan fingerprint density at radius 1 is 0.922 bits per heavy atom. The molecule has 8 aliphatic rings. The van der Waals surface area contributed by atoms with E-state index in [2.05, 4.69) is 34.6 Å². The number of carbonyl (C=O) groups excluding carboxylic acids is 2. The van der Waals surface area contributed by atoms with Gasteiger partial charge >= 0.3 is 11.9 Å². The third-order valence-corrected chi connectivity index (χ3v) is 17.2. The van der Waals surface area contributed by atoms with Gasteiger partial charge in [0.2, 0.25) is 0 Å². The number of carbonyl (C=O) groups is 2. The number of fused-ring (bicyclic) bond motifs is 4. The molecule has 5 saturated carbocycles. The van der Waals surface area contributed by atoms with Crippen LogP contribution < -0.4 is 0 Å². The van der Waals surface area contributed by atoms with Crippen molar-refractivity contribution in [1.82, 2.24) is 0 Å². The number of aliphatic hydroxyl groups is 3. The van der Waals surface area contributed by atoms with Crippen molar-refractivity contribution in [2.75, 3.05) is 6.61 Å². The summed E-state index contributed by atoms with van der Waals surface area (Å²) in [7, 11) is 0. The molecule has 5 aliphatic carbocycles. The maximum Gasteiger partial charge on any atom is 0.330 e. The second-order valence-electron chi connectivity index (χ2n) is 19.8. The van der Waals surface area contributed by atoms with Gasteiger partial charge < -0.3 is 39.0 Å². The predicted octanol–water partition coefficient (Wildman–Crippen LogP) is 5.09. The van der Waals surface area contributed by atoms with Crippen LogP contribution in [-0.2, 0) is 33.3 Å². The normalized spacial score (nSPS) is 55.1. The zero-order valence-electron chi connectivity index (χ0n) is 32.1. The molecule has 3 aliphatic heterocycles. The van der Waals surface area contributed by atoms with Crippen molar-refractivity contribution >= 4 is 11.9 Å². The summed E-state index contributed by atoms with van der Waals surface area (Å²) in [6, 6.07) is 0. The number of hydrogen-bond donors (Lipinski definition) is 3. The fraction of sp³-hybridized carbons (Fsp3) is 0.902. The van der Waals surface area contributed by atoms with Crippen molar-refractivity contribution in [3.05, 3.63) is 12.2 Å². The minimum absolute atomic E-state index is 0.0220. The maximum atomic E-state index is 12.9. The average Bonchev–Trinajstić information content (AvgIpc) is 3.55. The lowest BCUT2D eigenvalue weighted by Crippen LogP contribution is -2.62. The lowest BCUT2D eigenvalue weighted by Gasteiger charge is -2.64. The van der Waals surface area contributed by atoms with Crippen molar-refractivity contribution < 1.29 is 48.6 Å². The van der Waals surface area contributed by atoms with Gasteiger partial charge in [-0.05, 0) is 117 Å². The first-order chi connectivity index (χ1) is 23.8. The Hall–Kier alpha value is -1.56.